The molecule has 0 aliphatic heterocycles. The first kappa shape index (κ1) is 19.4. The Hall–Kier alpha value is -2.97. The molecule has 0 saturated heterocycles. The van der Waals surface area contributed by atoms with Gasteiger partial charge in [-0.1, -0.05) is 28.1 Å². The van der Waals surface area contributed by atoms with Crippen LogP contribution >= 0.6 is 27.3 Å². The molecule has 2 aromatic carbocycles. The van der Waals surface area contributed by atoms with Crippen molar-refractivity contribution in [1.29, 1.82) is 0 Å². The number of fused-ring (bicyclic) bond motifs is 1. The van der Waals surface area contributed by atoms with E-state index in [-0.39, 0.29) is 5.56 Å². The van der Waals surface area contributed by atoms with Crippen molar-refractivity contribution in [3.63, 3.8) is 0 Å². The lowest BCUT2D eigenvalue weighted by atomic mass is 10.1. The molecule has 0 bridgehead atoms. The number of ether oxygens (including phenoxy) is 1. The topological polar surface area (TPSA) is 81.4 Å². The van der Waals surface area contributed by atoms with Crippen LogP contribution in [-0.2, 0) is 0 Å². The Morgan fingerprint density at radius 2 is 2.07 bits per heavy atom. The fourth-order valence-corrected chi connectivity index (χ4v) is 3.92. The molecule has 1 N–H and O–H groups in total. The van der Waals surface area contributed by atoms with Gasteiger partial charge >= 0.3 is 5.63 Å². The Balaban J connectivity index is 1.61. The normalized spacial score (nSPS) is 10.8. The van der Waals surface area contributed by atoms with E-state index >= 15 is 0 Å². The van der Waals surface area contributed by atoms with E-state index < -0.39 is 11.5 Å². The van der Waals surface area contributed by atoms with E-state index in [1.165, 1.54) is 17.4 Å². The van der Waals surface area contributed by atoms with Gasteiger partial charge in [0.05, 0.1) is 12.3 Å². The summed E-state index contributed by atoms with van der Waals surface area (Å²) in [6.07, 6.45) is 0. The number of amides is 1. The first-order chi connectivity index (χ1) is 14.0. The Morgan fingerprint density at radius 1 is 1.24 bits per heavy atom. The van der Waals surface area contributed by atoms with Crippen LogP contribution in [0.5, 0.6) is 5.75 Å². The molecule has 0 aliphatic rings. The Kier molecular flexibility index (Phi) is 5.46. The molecule has 29 heavy (non-hydrogen) atoms. The SMILES string of the molecule is CCOc1ccccc1-c1csc(NC(=O)c2cc3cc(Br)ccc3oc2=O)n1. The summed E-state index contributed by atoms with van der Waals surface area (Å²) in [6, 6.07) is 14.3. The lowest BCUT2D eigenvalue weighted by Crippen LogP contribution is -2.20. The predicted molar refractivity (Wildman–Crippen MR) is 117 cm³/mol. The van der Waals surface area contributed by atoms with Gasteiger partial charge in [-0.2, -0.15) is 0 Å². The third kappa shape index (κ3) is 4.08. The van der Waals surface area contributed by atoms with Crippen molar-refractivity contribution in [1.82, 2.24) is 4.98 Å². The second-order valence-electron chi connectivity index (χ2n) is 6.05. The number of benzene rings is 2. The van der Waals surface area contributed by atoms with Crippen LogP contribution < -0.4 is 15.7 Å². The lowest BCUT2D eigenvalue weighted by Gasteiger charge is -2.07. The Morgan fingerprint density at radius 3 is 2.90 bits per heavy atom. The number of aromatic nitrogens is 1. The van der Waals surface area contributed by atoms with Crippen LogP contribution in [0.25, 0.3) is 22.2 Å². The van der Waals surface area contributed by atoms with Crippen LogP contribution in [0.15, 0.2) is 67.6 Å². The van der Waals surface area contributed by atoms with Crippen LogP contribution in [0.1, 0.15) is 17.3 Å². The monoisotopic (exact) mass is 470 g/mol. The van der Waals surface area contributed by atoms with E-state index in [0.717, 1.165) is 15.8 Å². The molecule has 6 nitrogen and oxygen atoms in total. The van der Waals surface area contributed by atoms with Gasteiger partial charge in [0, 0.05) is 20.8 Å². The highest BCUT2D eigenvalue weighted by atomic mass is 79.9. The van der Waals surface area contributed by atoms with Crippen LogP contribution in [0.4, 0.5) is 5.13 Å². The number of hydrogen-bond donors (Lipinski definition) is 1. The highest BCUT2D eigenvalue weighted by molar-refractivity contribution is 9.10. The molecule has 0 unspecified atom stereocenters. The minimum Gasteiger partial charge on any atom is -0.493 e. The number of rotatable bonds is 5. The average Bonchev–Trinajstić information content (AvgIpc) is 3.16. The van der Waals surface area contributed by atoms with Crippen molar-refractivity contribution >= 4 is 49.3 Å². The number of hydrogen-bond acceptors (Lipinski definition) is 6. The standard InChI is InChI=1S/C21H15BrN2O4S/c1-2-27-18-6-4-3-5-14(18)16-11-29-21(23-16)24-19(25)15-10-12-9-13(22)7-8-17(12)28-20(15)26/h3-11H,2H2,1H3,(H,23,24,25). The third-order valence-corrected chi connectivity index (χ3v) is 5.38. The van der Waals surface area contributed by atoms with E-state index in [2.05, 4.69) is 26.2 Å². The van der Waals surface area contributed by atoms with Gasteiger partial charge in [0.1, 0.15) is 16.9 Å². The van der Waals surface area contributed by atoms with E-state index in [4.69, 9.17) is 9.15 Å². The van der Waals surface area contributed by atoms with Gasteiger partial charge in [-0.15, -0.1) is 11.3 Å². The maximum absolute atomic E-state index is 12.6. The van der Waals surface area contributed by atoms with Crippen molar-refractivity contribution in [2.24, 2.45) is 0 Å². The largest absolute Gasteiger partial charge is 0.493 e. The van der Waals surface area contributed by atoms with Gasteiger partial charge in [-0.25, -0.2) is 9.78 Å². The molecule has 4 aromatic rings. The maximum Gasteiger partial charge on any atom is 0.349 e. The minimum atomic E-state index is -0.698. The summed E-state index contributed by atoms with van der Waals surface area (Å²) in [5.41, 5.74) is 1.15. The first-order valence-corrected chi connectivity index (χ1v) is 10.4. The number of thiazole rings is 1. The van der Waals surface area contributed by atoms with Crippen molar-refractivity contribution in [2.75, 3.05) is 11.9 Å². The smallest absolute Gasteiger partial charge is 0.349 e. The fourth-order valence-electron chi connectivity index (χ4n) is 2.83. The molecular weight excluding hydrogens is 456 g/mol. The molecule has 0 radical (unpaired) electrons. The van der Waals surface area contributed by atoms with E-state index in [0.29, 0.717) is 28.4 Å². The molecule has 2 heterocycles. The number of carbonyl (C=O) groups excluding carboxylic acids is 1. The van der Waals surface area contributed by atoms with Gasteiger partial charge in [-0.3, -0.25) is 10.1 Å². The van der Waals surface area contributed by atoms with Gasteiger partial charge < -0.3 is 9.15 Å². The molecule has 0 spiro atoms. The van der Waals surface area contributed by atoms with Crippen LogP contribution in [0.3, 0.4) is 0 Å². The Bertz CT molecular complexity index is 1270. The second-order valence-corrected chi connectivity index (χ2v) is 7.82. The van der Waals surface area contributed by atoms with Gasteiger partial charge in [0.2, 0.25) is 0 Å². The summed E-state index contributed by atoms with van der Waals surface area (Å²) in [5.74, 6) is 0.151. The summed E-state index contributed by atoms with van der Waals surface area (Å²) in [6.45, 7) is 2.45. The molecule has 4 rings (SSSR count). The number of nitrogens with zero attached hydrogens (tertiary/aromatic N) is 1. The summed E-state index contributed by atoms with van der Waals surface area (Å²) in [7, 11) is 0. The summed E-state index contributed by atoms with van der Waals surface area (Å²) < 4.78 is 11.7. The maximum atomic E-state index is 12.6. The summed E-state index contributed by atoms with van der Waals surface area (Å²) in [4.78, 5) is 29.3. The van der Waals surface area contributed by atoms with Gasteiger partial charge in [0.15, 0.2) is 5.13 Å². The van der Waals surface area contributed by atoms with Crippen molar-refractivity contribution in [3.05, 3.63) is 74.4 Å². The van der Waals surface area contributed by atoms with Crippen LogP contribution in [0.2, 0.25) is 0 Å². The van der Waals surface area contributed by atoms with E-state index in [9.17, 15) is 9.59 Å². The number of para-hydroxylation sites is 1. The predicted octanol–water partition coefficient (Wildman–Crippen LogP) is 5.33. The third-order valence-electron chi connectivity index (χ3n) is 4.13. The molecule has 8 heteroatoms. The molecule has 0 atom stereocenters. The fraction of sp³-hybridized carbons (Fsp3) is 0.0952. The number of halogens is 1. The lowest BCUT2D eigenvalue weighted by molar-refractivity contribution is 0.102. The zero-order chi connectivity index (χ0) is 20.4. The number of anilines is 1. The zero-order valence-corrected chi connectivity index (χ0v) is 17.7. The zero-order valence-electron chi connectivity index (χ0n) is 15.3. The molecular formula is C21H15BrN2O4S. The van der Waals surface area contributed by atoms with Crippen LogP contribution in [0, 0.1) is 0 Å². The molecule has 146 valence electrons. The second kappa shape index (κ2) is 8.18. The molecule has 0 saturated carbocycles. The average molecular weight is 471 g/mol. The molecule has 2 aromatic heterocycles. The van der Waals surface area contributed by atoms with Gasteiger partial charge in [-0.05, 0) is 43.3 Å². The number of nitrogens with one attached hydrogen (secondary N) is 1. The van der Waals surface area contributed by atoms with Gasteiger partial charge in [0.25, 0.3) is 5.91 Å². The molecule has 0 aliphatic carbocycles. The molecule has 1 amide bonds. The van der Waals surface area contributed by atoms with Crippen molar-refractivity contribution in [3.8, 4) is 17.0 Å². The quantitative estimate of drug-likeness (QED) is 0.398. The number of carbonyl (C=O) groups is 1. The van der Waals surface area contributed by atoms with E-state index in [1.807, 2.05) is 36.6 Å². The summed E-state index contributed by atoms with van der Waals surface area (Å²) >= 11 is 4.64. The van der Waals surface area contributed by atoms with Crippen LogP contribution in [-0.4, -0.2) is 17.5 Å². The first-order valence-electron chi connectivity index (χ1n) is 8.77. The van der Waals surface area contributed by atoms with Crippen molar-refractivity contribution < 1.29 is 13.9 Å². The summed E-state index contributed by atoms with van der Waals surface area (Å²) in [5, 5.41) is 5.53. The highest BCUT2D eigenvalue weighted by Gasteiger charge is 2.17. The Labute approximate surface area is 178 Å². The molecule has 0 fully saturated rings. The highest BCUT2D eigenvalue weighted by Crippen LogP contribution is 2.32. The minimum absolute atomic E-state index is 0.0814. The van der Waals surface area contributed by atoms with E-state index in [1.54, 1.807) is 18.2 Å². The van der Waals surface area contributed by atoms with Crippen molar-refractivity contribution in [2.45, 2.75) is 6.92 Å².